The number of halogens is 1. The summed E-state index contributed by atoms with van der Waals surface area (Å²) in [4.78, 5) is 21.2. The summed E-state index contributed by atoms with van der Waals surface area (Å²) in [6.45, 7) is 3.74. The Balaban J connectivity index is 1.34. The molecule has 0 radical (unpaired) electrons. The van der Waals surface area contributed by atoms with Crippen LogP contribution in [0.4, 0.5) is 10.1 Å². The number of carbonyl (C=O) groups excluding carboxylic acids is 1. The maximum atomic E-state index is 14.6. The van der Waals surface area contributed by atoms with Crippen molar-refractivity contribution in [2.75, 3.05) is 12.1 Å². The van der Waals surface area contributed by atoms with E-state index in [1.807, 2.05) is 79.5 Å². The van der Waals surface area contributed by atoms with E-state index in [0.29, 0.717) is 12.0 Å². The molecule has 1 aliphatic heterocycles. The Morgan fingerprint density at radius 3 is 2.36 bits per heavy atom. The van der Waals surface area contributed by atoms with Crippen LogP contribution in [0.1, 0.15) is 47.8 Å². The van der Waals surface area contributed by atoms with Gasteiger partial charge in [-0.2, -0.15) is 5.10 Å². The topological polar surface area (TPSA) is 76.9 Å². The minimum absolute atomic E-state index is 0.106. The monoisotopic (exact) mass is 560 g/mol. The molecule has 8 heteroatoms. The van der Waals surface area contributed by atoms with E-state index in [-0.39, 0.29) is 17.9 Å². The first-order chi connectivity index (χ1) is 20.4. The summed E-state index contributed by atoms with van der Waals surface area (Å²) >= 11 is 0. The van der Waals surface area contributed by atoms with Crippen LogP contribution in [0.2, 0.25) is 0 Å². The van der Waals surface area contributed by atoms with Gasteiger partial charge in [0.15, 0.2) is 11.6 Å². The maximum Gasteiger partial charge on any atom is 0.337 e. The molecule has 0 bridgehead atoms. The lowest BCUT2D eigenvalue weighted by Gasteiger charge is -2.24. The third kappa shape index (κ3) is 5.43. The van der Waals surface area contributed by atoms with Gasteiger partial charge in [0, 0.05) is 18.8 Å². The highest BCUT2D eigenvalue weighted by molar-refractivity contribution is 6.04. The van der Waals surface area contributed by atoms with Gasteiger partial charge in [0.05, 0.1) is 47.3 Å². The first kappa shape index (κ1) is 27.1. The van der Waals surface area contributed by atoms with Crippen molar-refractivity contribution in [3.05, 3.63) is 120 Å². The van der Waals surface area contributed by atoms with Gasteiger partial charge in [-0.05, 0) is 78.6 Å². The number of rotatable bonds is 7. The average molecular weight is 561 g/mol. The molecular weight excluding hydrogens is 531 g/mol. The number of fused-ring (bicyclic) bond motifs is 1. The fourth-order valence-electron chi connectivity index (χ4n) is 5.15. The van der Waals surface area contributed by atoms with Crippen LogP contribution in [-0.4, -0.2) is 34.9 Å². The fourth-order valence-corrected chi connectivity index (χ4v) is 5.15. The number of esters is 1. The number of benzene rings is 4. The van der Waals surface area contributed by atoms with Crippen molar-refractivity contribution in [3.63, 3.8) is 0 Å². The molecule has 0 spiro atoms. The highest BCUT2D eigenvalue weighted by atomic mass is 19.1. The molecular formula is C34H29FN4O3. The molecule has 0 amide bonds. The van der Waals surface area contributed by atoms with E-state index in [2.05, 4.69) is 9.97 Å². The van der Waals surface area contributed by atoms with Crippen molar-refractivity contribution in [2.45, 2.75) is 32.4 Å². The third-order valence-corrected chi connectivity index (χ3v) is 7.17. The second-order valence-corrected chi connectivity index (χ2v) is 10.3. The summed E-state index contributed by atoms with van der Waals surface area (Å²) in [5, 5.41) is 6.97. The highest BCUT2D eigenvalue weighted by Gasteiger charge is 2.31. The van der Waals surface area contributed by atoms with E-state index >= 15 is 0 Å². The molecule has 1 unspecified atom stereocenters. The van der Waals surface area contributed by atoms with Crippen LogP contribution in [0.5, 0.6) is 5.75 Å². The van der Waals surface area contributed by atoms with Crippen LogP contribution in [0, 0.1) is 5.82 Å². The smallest absolute Gasteiger partial charge is 0.337 e. The molecule has 0 saturated carbocycles. The van der Waals surface area contributed by atoms with Gasteiger partial charge in [-0.1, -0.05) is 42.5 Å². The van der Waals surface area contributed by atoms with Crippen molar-refractivity contribution in [3.8, 4) is 16.9 Å². The maximum absolute atomic E-state index is 14.6. The van der Waals surface area contributed by atoms with E-state index in [0.717, 1.165) is 44.7 Å². The molecule has 0 fully saturated rings. The fraction of sp³-hybridized carbons (Fsp3) is 0.176. The van der Waals surface area contributed by atoms with Crippen LogP contribution >= 0.6 is 0 Å². The molecule has 1 aromatic heterocycles. The molecule has 4 aromatic carbocycles. The van der Waals surface area contributed by atoms with E-state index in [1.54, 1.807) is 30.6 Å². The second kappa shape index (κ2) is 11.4. The lowest BCUT2D eigenvalue weighted by atomic mass is 9.96. The minimum Gasteiger partial charge on any atom is -0.488 e. The Morgan fingerprint density at radius 1 is 0.881 bits per heavy atom. The number of anilines is 1. The van der Waals surface area contributed by atoms with Crippen LogP contribution in [0.15, 0.2) is 102 Å². The van der Waals surface area contributed by atoms with E-state index < -0.39 is 11.8 Å². The second-order valence-electron chi connectivity index (χ2n) is 10.3. The Labute approximate surface area is 243 Å². The number of ether oxygens (including phenoxy) is 2. The van der Waals surface area contributed by atoms with E-state index in [4.69, 9.17) is 14.6 Å². The van der Waals surface area contributed by atoms with Gasteiger partial charge in [0.1, 0.15) is 0 Å². The Bertz CT molecular complexity index is 1800. The van der Waals surface area contributed by atoms with Gasteiger partial charge < -0.3 is 9.47 Å². The largest absolute Gasteiger partial charge is 0.488 e. The quantitative estimate of drug-likeness (QED) is 0.194. The molecule has 1 aliphatic rings. The summed E-state index contributed by atoms with van der Waals surface area (Å²) in [6.07, 6.45) is 3.88. The summed E-state index contributed by atoms with van der Waals surface area (Å²) in [5.74, 6) is -0.556. The van der Waals surface area contributed by atoms with Crippen molar-refractivity contribution >= 4 is 28.4 Å². The van der Waals surface area contributed by atoms with Crippen LogP contribution in [0.3, 0.4) is 0 Å². The first-order valence-corrected chi connectivity index (χ1v) is 13.7. The molecule has 7 nitrogen and oxygen atoms in total. The Morgan fingerprint density at radius 2 is 1.62 bits per heavy atom. The highest BCUT2D eigenvalue weighted by Crippen LogP contribution is 2.38. The lowest BCUT2D eigenvalue weighted by molar-refractivity contribution is 0.0600. The molecule has 42 heavy (non-hydrogen) atoms. The normalized spacial score (nSPS) is 14.7. The van der Waals surface area contributed by atoms with Gasteiger partial charge in [-0.3, -0.25) is 15.0 Å². The Hall–Kier alpha value is -5.11. The molecule has 2 heterocycles. The number of aromatic nitrogens is 2. The predicted molar refractivity (Wildman–Crippen MR) is 161 cm³/mol. The Kier molecular flexibility index (Phi) is 7.35. The van der Waals surface area contributed by atoms with Gasteiger partial charge in [-0.15, -0.1) is 0 Å². The summed E-state index contributed by atoms with van der Waals surface area (Å²) in [5.41, 5.74) is 7.36. The zero-order valence-corrected chi connectivity index (χ0v) is 23.5. The zero-order chi connectivity index (χ0) is 29.2. The van der Waals surface area contributed by atoms with Crippen molar-refractivity contribution < 1.29 is 18.7 Å². The number of methoxy groups -OCH3 is 1. The number of hydrogen-bond donors (Lipinski definition) is 0. The van der Waals surface area contributed by atoms with Gasteiger partial charge in [0.2, 0.25) is 0 Å². The van der Waals surface area contributed by atoms with Gasteiger partial charge in [0.25, 0.3) is 0 Å². The molecule has 0 aliphatic carbocycles. The number of hydrazone groups is 1. The lowest BCUT2D eigenvalue weighted by Crippen LogP contribution is -2.19. The molecule has 1 atom stereocenters. The summed E-state index contributed by atoms with van der Waals surface area (Å²) in [6, 6.07) is 26.1. The SMILES string of the molecule is COC(=O)c1cccc(N2N=C(c3ccc(-c4ccc(OC(C)C)c(F)c4)cc3)CC2c2ccc3nccnc3c2)c1. The molecule has 6 rings (SSSR count). The summed E-state index contributed by atoms with van der Waals surface area (Å²) < 4.78 is 25.1. The van der Waals surface area contributed by atoms with Crippen LogP contribution in [0.25, 0.3) is 22.2 Å². The molecule has 0 N–H and O–H groups in total. The van der Waals surface area contributed by atoms with E-state index in [9.17, 15) is 9.18 Å². The minimum atomic E-state index is -0.409. The average Bonchev–Trinajstić information content (AvgIpc) is 3.47. The predicted octanol–water partition coefficient (Wildman–Crippen LogP) is 7.37. The van der Waals surface area contributed by atoms with E-state index in [1.165, 1.54) is 13.2 Å². The first-order valence-electron chi connectivity index (χ1n) is 13.7. The molecule has 210 valence electrons. The molecule has 0 saturated heterocycles. The van der Waals surface area contributed by atoms with Crippen LogP contribution < -0.4 is 9.75 Å². The molecule has 5 aromatic rings. The third-order valence-electron chi connectivity index (χ3n) is 7.17. The summed E-state index contributed by atoms with van der Waals surface area (Å²) in [7, 11) is 1.37. The van der Waals surface area contributed by atoms with Crippen LogP contribution in [-0.2, 0) is 4.74 Å². The number of carbonyl (C=O) groups is 1. The number of nitrogens with zero attached hydrogens (tertiary/aromatic N) is 4. The van der Waals surface area contributed by atoms with Crippen molar-refractivity contribution in [1.82, 2.24) is 9.97 Å². The van der Waals surface area contributed by atoms with Gasteiger partial charge in [-0.25, -0.2) is 9.18 Å². The van der Waals surface area contributed by atoms with Gasteiger partial charge >= 0.3 is 5.97 Å². The van der Waals surface area contributed by atoms with Crippen molar-refractivity contribution in [2.24, 2.45) is 5.10 Å². The zero-order valence-electron chi connectivity index (χ0n) is 23.5. The van der Waals surface area contributed by atoms with Crippen molar-refractivity contribution in [1.29, 1.82) is 0 Å². The number of hydrogen-bond acceptors (Lipinski definition) is 7. The standard InChI is InChI=1S/C34H29FN4O3/c1-21(2)42-33-14-12-24(18-28(33)35)22-7-9-23(10-8-22)30-20-32(25-11-13-29-31(19-25)37-16-15-36-29)39(38-30)27-6-4-5-26(17-27)34(40)41-3/h4-19,21,32H,20H2,1-3H3.